The molecule has 6 aliphatic carbocycles. The topological polar surface area (TPSA) is 74.9 Å². The average molecular weight is 656 g/mol. The molecule has 8 rings (SSSR count). The highest BCUT2D eigenvalue weighted by Gasteiger charge is 2.54. The van der Waals surface area contributed by atoms with Gasteiger partial charge in [0.15, 0.2) is 0 Å². The molecule has 0 aromatic rings. The van der Waals surface area contributed by atoms with E-state index in [1.165, 1.54) is 128 Å². The summed E-state index contributed by atoms with van der Waals surface area (Å²) in [5, 5.41) is 29.1. The van der Waals surface area contributed by atoms with Crippen LogP contribution in [-0.2, 0) is 0 Å². The molecule has 2 aliphatic heterocycles. The first kappa shape index (κ1) is 34.0. The van der Waals surface area contributed by atoms with Gasteiger partial charge in [0, 0.05) is 43.3 Å². The molecular weight excluding hydrogens is 587 g/mol. The van der Waals surface area contributed by atoms with Gasteiger partial charge in [0.2, 0.25) is 0 Å². The van der Waals surface area contributed by atoms with Gasteiger partial charge in [-0.1, -0.05) is 45.4 Å². The number of nitrogens with one attached hydrogen (secondary N) is 2. The highest BCUT2D eigenvalue weighted by Crippen LogP contribution is 2.55. The van der Waals surface area contributed by atoms with Gasteiger partial charge in [-0.2, -0.15) is 10.5 Å². The van der Waals surface area contributed by atoms with E-state index in [9.17, 15) is 10.5 Å². The highest BCUT2D eigenvalue weighted by molar-refractivity contribution is 5.09. The van der Waals surface area contributed by atoms with Crippen molar-refractivity contribution in [1.82, 2.24) is 15.5 Å². The van der Waals surface area contributed by atoms with E-state index in [0.29, 0.717) is 29.8 Å². The third-order valence-electron chi connectivity index (χ3n) is 16.8. The van der Waals surface area contributed by atoms with Crippen molar-refractivity contribution >= 4 is 0 Å². The highest BCUT2D eigenvalue weighted by atomic mass is 15.3. The normalized spacial score (nSPS) is 49.3. The van der Waals surface area contributed by atoms with Crippen LogP contribution in [0.1, 0.15) is 148 Å². The lowest BCUT2D eigenvalue weighted by Crippen LogP contribution is -2.59. The molecule has 266 valence electrons. The smallest absolute Gasteiger partial charge is 0.0659 e. The van der Waals surface area contributed by atoms with Crippen molar-refractivity contribution in [3.05, 3.63) is 0 Å². The molecule has 48 heavy (non-hydrogen) atoms. The monoisotopic (exact) mass is 656 g/mol. The number of hydrogen-bond donors (Lipinski definition) is 2. The van der Waals surface area contributed by atoms with Gasteiger partial charge in [-0.05, 0) is 156 Å². The molecule has 0 radical (unpaired) electrons. The summed E-state index contributed by atoms with van der Waals surface area (Å²) in [6.45, 7) is 4.88. The van der Waals surface area contributed by atoms with Crippen LogP contribution in [0.2, 0.25) is 0 Å². The van der Waals surface area contributed by atoms with Crippen LogP contribution >= 0.6 is 0 Å². The Bertz CT molecular complexity index is 1100. The summed E-state index contributed by atoms with van der Waals surface area (Å²) in [6.07, 6.45) is 29.9. The number of rotatable bonds is 5. The second kappa shape index (κ2) is 15.2. The van der Waals surface area contributed by atoms with Crippen LogP contribution in [0.3, 0.4) is 0 Å². The maximum Gasteiger partial charge on any atom is 0.0659 e. The molecule has 2 heterocycles. The van der Waals surface area contributed by atoms with Gasteiger partial charge >= 0.3 is 0 Å². The van der Waals surface area contributed by atoms with Crippen molar-refractivity contribution in [1.29, 1.82) is 10.5 Å². The Morgan fingerprint density at radius 1 is 0.521 bits per heavy atom. The van der Waals surface area contributed by atoms with E-state index in [-0.39, 0.29) is 11.8 Å². The second-order valence-corrected chi connectivity index (χ2v) is 19.0. The predicted molar refractivity (Wildman–Crippen MR) is 194 cm³/mol. The minimum atomic E-state index is 0.0888. The Morgan fingerprint density at radius 2 is 1.08 bits per heavy atom. The number of hydrogen-bond acceptors (Lipinski definition) is 5. The van der Waals surface area contributed by atoms with Crippen molar-refractivity contribution in [2.24, 2.45) is 65.1 Å². The van der Waals surface area contributed by atoms with Crippen LogP contribution in [0.4, 0.5) is 0 Å². The van der Waals surface area contributed by atoms with Gasteiger partial charge in [0.25, 0.3) is 0 Å². The summed E-state index contributed by atoms with van der Waals surface area (Å²) in [5.41, 5.74) is 0. The Balaban J connectivity index is 0.843. The van der Waals surface area contributed by atoms with Crippen molar-refractivity contribution in [2.45, 2.75) is 178 Å². The van der Waals surface area contributed by atoms with Gasteiger partial charge in [-0.3, -0.25) is 4.90 Å². The van der Waals surface area contributed by atoms with Crippen molar-refractivity contribution in [3.63, 3.8) is 0 Å². The molecule has 9 unspecified atom stereocenters. The lowest BCUT2D eigenvalue weighted by molar-refractivity contribution is 0.00859. The molecule has 9 atom stereocenters. The molecule has 0 bridgehead atoms. The molecule has 0 spiro atoms. The van der Waals surface area contributed by atoms with E-state index in [2.05, 4.69) is 34.6 Å². The lowest BCUT2D eigenvalue weighted by Gasteiger charge is -2.49. The minimum absolute atomic E-state index is 0.0888. The zero-order valence-electron chi connectivity index (χ0n) is 30.5. The first-order valence-electron chi connectivity index (χ1n) is 21.7. The van der Waals surface area contributed by atoms with Crippen LogP contribution in [0.25, 0.3) is 0 Å². The van der Waals surface area contributed by atoms with E-state index < -0.39 is 0 Å². The van der Waals surface area contributed by atoms with Crippen LogP contribution in [-0.4, -0.2) is 48.2 Å². The largest absolute Gasteiger partial charge is 0.311 e. The third-order valence-corrected chi connectivity index (χ3v) is 16.8. The Labute approximate surface area is 294 Å². The molecule has 0 aromatic carbocycles. The molecule has 0 amide bonds. The van der Waals surface area contributed by atoms with Crippen molar-refractivity contribution in [3.8, 4) is 12.1 Å². The number of likely N-dealkylation sites (tertiary alicyclic amines) is 1. The Kier molecular flexibility index (Phi) is 10.8. The van der Waals surface area contributed by atoms with E-state index in [0.717, 1.165) is 79.6 Å². The quantitative estimate of drug-likeness (QED) is 0.310. The number of piperazine rings is 1. The fraction of sp³-hybridized carbons (Fsp3) is 0.953. The molecule has 2 saturated heterocycles. The molecule has 8 fully saturated rings. The number of fused-ring (bicyclic) bond motifs is 3. The van der Waals surface area contributed by atoms with E-state index in [4.69, 9.17) is 0 Å². The van der Waals surface area contributed by atoms with Crippen molar-refractivity contribution < 1.29 is 0 Å². The van der Waals surface area contributed by atoms with E-state index in [1.54, 1.807) is 0 Å². The molecule has 2 N–H and O–H groups in total. The van der Waals surface area contributed by atoms with Gasteiger partial charge in [0.1, 0.15) is 0 Å². The summed E-state index contributed by atoms with van der Waals surface area (Å²) in [7, 11) is 0. The predicted octanol–water partition coefficient (Wildman–Crippen LogP) is 8.85. The molecule has 5 heteroatoms. The summed E-state index contributed by atoms with van der Waals surface area (Å²) < 4.78 is 0. The fourth-order valence-corrected chi connectivity index (χ4v) is 14.5. The van der Waals surface area contributed by atoms with Crippen LogP contribution in [0, 0.1) is 87.8 Å². The van der Waals surface area contributed by atoms with Gasteiger partial charge in [-0.15, -0.1) is 0 Å². The van der Waals surface area contributed by atoms with Crippen LogP contribution in [0.5, 0.6) is 0 Å². The third kappa shape index (κ3) is 6.66. The van der Waals surface area contributed by atoms with Crippen LogP contribution < -0.4 is 10.6 Å². The second-order valence-electron chi connectivity index (χ2n) is 19.0. The average Bonchev–Trinajstić information content (AvgIpc) is 3.50. The van der Waals surface area contributed by atoms with Gasteiger partial charge in [-0.25, -0.2) is 0 Å². The lowest BCUT2D eigenvalue weighted by atomic mass is 9.57. The van der Waals surface area contributed by atoms with Crippen molar-refractivity contribution in [2.75, 3.05) is 13.1 Å². The molecule has 5 nitrogen and oxygen atoms in total. The molecule has 6 saturated carbocycles. The summed E-state index contributed by atoms with van der Waals surface area (Å²) in [5.74, 6) is 6.84. The van der Waals surface area contributed by atoms with E-state index in [1.807, 2.05) is 0 Å². The summed E-state index contributed by atoms with van der Waals surface area (Å²) >= 11 is 0. The fourth-order valence-electron chi connectivity index (χ4n) is 14.5. The maximum atomic E-state index is 10.6. The Morgan fingerprint density at radius 3 is 1.73 bits per heavy atom. The minimum Gasteiger partial charge on any atom is -0.311 e. The van der Waals surface area contributed by atoms with Gasteiger partial charge in [0.05, 0.1) is 24.0 Å². The van der Waals surface area contributed by atoms with E-state index >= 15 is 0 Å². The first-order valence-corrected chi connectivity index (χ1v) is 21.7. The zero-order valence-corrected chi connectivity index (χ0v) is 30.5. The maximum absolute atomic E-state index is 10.6. The Hall–Kier alpha value is -1.14. The molecule has 0 aromatic heterocycles. The zero-order chi connectivity index (χ0) is 32.6. The summed E-state index contributed by atoms with van der Waals surface area (Å²) in [6, 6.07) is 9.44. The summed E-state index contributed by atoms with van der Waals surface area (Å²) in [4.78, 5) is 3.14. The standard InChI is InChI=1S/C43H69N5/c1-28-8-7-12-38-37-11-5-6-13-41(37)48(43(28)38)36-20-18-32(19-21-36)42-34(24-44)22-33(23-35(42)25-45)29-14-16-31(17-15-29)40-27-46-39(26-47-40)30-9-3-2-4-10-30/h28-43,46-47H,2-23,26-27H2,1H3. The SMILES string of the molecule is CC1CCCC2C3CCCCC3N(C3CCC(C4C(C#N)CC(C5CCC(C6CNC(C7CCCCC7)CN6)CC5)CC4C#N)CC3)C12. The molecule has 8 aliphatic rings. The van der Waals surface area contributed by atoms with Gasteiger partial charge < -0.3 is 10.6 Å². The molecular formula is C43H69N5. The number of nitriles is 2. The number of nitrogens with zero attached hydrogens (tertiary/aromatic N) is 3. The van der Waals surface area contributed by atoms with Crippen LogP contribution in [0.15, 0.2) is 0 Å². The first-order chi connectivity index (χ1) is 23.6.